The van der Waals surface area contributed by atoms with Gasteiger partial charge < -0.3 is 15.4 Å². The third-order valence-electron chi connectivity index (χ3n) is 5.09. The highest BCUT2D eigenvalue weighted by atomic mass is 35.5. The van der Waals surface area contributed by atoms with Crippen molar-refractivity contribution in [1.29, 1.82) is 0 Å². The third kappa shape index (κ3) is 5.97. The van der Waals surface area contributed by atoms with Gasteiger partial charge in [-0.05, 0) is 35.9 Å². The maximum atomic E-state index is 12.9. The van der Waals surface area contributed by atoms with E-state index in [1.807, 2.05) is 0 Å². The van der Waals surface area contributed by atoms with E-state index in [-0.39, 0.29) is 32.1 Å². The second-order valence-corrected chi connectivity index (χ2v) is 10.1. The highest BCUT2D eigenvalue weighted by molar-refractivity contribution is 6.53. The van der Waals surface area contributed by atoms with E-state index < -0.39 is 47.1 Å². The Kier molecular flexibility index (Phi) is 8.10. The number of nitrogens with one attached hydrogen (secondary N) is 2. The quantitative estimate of drug-likeness (QED) is 0.353. The Bertz CT molecular complexity index is 1100. The molecule has 1 aliphatic rings. The van der Waals surface area contributed by atoms with Crippen LogP contribution in [-0.4, -0.2) is 36.0 Å². The van der Waals surface area contributed by atoms with E-state index in [4.69, 9.17) is 62.7 Å². The van der Waals surface area contributed by atoms with Crippen LogP contribution in [0, 0.1) is 5.92 Å². The van der Waals surface area contributed by atoms with Gasteiger partial charge in [-0.1, -0.05) is 34.8 Å². The predicted octanol–water partition coefficient (Wildman–Crippen LogP) is 6.86. The fourth-order valence-corrected chi connectivity index (χ4v) is 5.12. The van der Waals surface area contributed by atoms with Gasteiger partial charge in [0.2, 0.25) is 5.91 Å². The standard InChI is InChI=1S/C21H16Cl5F3N2O3/c1-34-17-13(23)6-9(7-14(17)24)15-16(21(15,25)26)19(33)31-10-2-3-12(22)11(8-10)18(32)30-5-4-20(27,28)29/h2-3,6-8,15-16H,4-5H2,1H3,(H,30,32)(H,31,33). The Morgan fingerprint density at radius 1 is 1.06 bits per heavy atom. The van der Waals surface area contributed by atoms with Crippen molar-refractivity contribution in [1.82, 2.24) is 5.32 Å². The van der Waals surface area contributed by atoms with Gasteiger partial charge in [-0.25, -0.2) is 0 Å². The minimum absolute atomic E-state index is 0.00152. The molecule has 0 saturated heterocycles. The number of alkyl halides is 5. The maximum absolute atomic E-state index is 12.9. The molecule has 0 bridgehead atoms. The molecule has 0 radical (unpaired) electrons. The lowest BCUT2D eigenvalue weighted by Gasteiger charge is -2.11. The van der Waals surface area contributed by atoms with Gasteiger partial charge in [-0.2, -0.15) is 13.2 Å². The normalized spacial score (nSPS) is 18.9. The Labute approximate surface area is 217 Å². The van der Waals surface area contributed by atoms with Crippen molar-refractivity contribution in [2.75, 3.05) is 19.0 Å². The number of hydrogen-bond acceptors (Lipinski definition) is 3. The molecule has 0 aliphatic heterocycles. The van der Waals surface area contributed by atoms with Gasteiger partial charge >= 0.3 is 6.18 Å². The highest BCUT2D eigenvalue weighted by Gasteiger charge is 2.67. The van der Waals surface area contributed by atoms with Crippen molar-refractivity contribution in [3.8, 4) is 5.75 Å². The second-order valence-electron chi connectivity index (χ2n) is 7.45. The Hall–Kier alpha value is -1.58. The van der Waals surface area contributed by atoms with Crippen LogP contribution >= 0.6 is 58.0 Å². The summed E-state index contributed by atoms with van der Waals surface area (Å²) in [4.78, 5) is 25.1. The van der Waals surface area contributed by atoms with Gasteiger partial charge in [0, 0.05) is 18.2 Å². The molecule has 5 nitrogen and oxygen atoms in total. The first-order valence-electron chi connectivity index (χ1n) is 9.62. The first-order chi connectivity index (χ1) is 15.8. The van der Waals surface area contributed by atoms with Crippen LogP contribution in [0.5, 0.6) is 5.75 Å². The van der Waals surface area contributed by atoms with E-state index in [1.54, 1.807) is 12.1 Å². The van der Waals surface area contributed by atoms with Crippen LogP contribution in [0.25, 0.3) is 0 Å². The van der Waals surface area contributed by atoms with Gasteiger partial charge in [0.1, 0.15) is 4.33 Å². The van der Waals surface area contributed by atoms with Crippen LogP contribution in [0.3, 0.4) is 0 Å². The average Bonchev–Trinajstić information content (AvgIpc) is 3.30. The minimum atomic E-state index is -4.42. The lowest BCUT2D eigenvalue weighted by molar-refractivity contribution is -0.133. The lowest BCUT2D eigenvalue weighted by Crippen LogP contribution is -2.28. The number of halogens is 8. The Balaban J connectivity index is 1.73. The smallest absolute Gasteiger partial charge is 0.390 e. The number of ether oxygens (including phenoxy) is 1. The molecule has 2 N–H and O–H groups in total. The van der Waals surface area contributed by atoms with Crippen LogP contribution in [0.2, 0.25) is 15.1 Å². The van der Waals surface area contributed by atoms with E-state index in [2.05, 4.69) is 10.6 Å². The predicted molar refractivity (Wildman–Crippen MR) is 127 cm³/mol. The molecule has 2 unspecified atom stereocenters. The van der Waals surface area contributed by atoms with Gasteiger partial charge in [0.15, 0.2) is 5.75 Å². The Morgan fingerprint density at radius 2 is 1.68 bits per heavy atom. The molecule has 2 aromatic rings. The first-order valence-corrected chi connectivity index (χ1v) is 11.5. The zero-order valence-electron chi connectivity index (χ0n) is 17.2. The molecule has 1 fully saturated rings. The van der Waals surface area contributed by atoms with E-state index in [0.717, 1.165) is 0 Å². The van der Waals surface area contributed by atoms with Crippen molar-refractivity contribution in [3.05, 3.63) is 56.5 Å². The number of methoxy groups -OCH3 is 1. The van der Waals surface area contributed by atoms with Crippen molar-refractivity contribution >= 4 is 75.5 Å². The fraction of sp³-hybridized carbons (Fsp3) is 0.333. The van der Waals surface area contributed by atoms with Gasteiger partial charge in [-0.15, -0.1) is 23.2 Å². The number of hydrogen-bond donors (Lipinski definition) is 2. The summed E-state index contributed by atoms with van der Waals surface area (Å²) >= 11 is 31.1. The molecule has 1 aliphatic carbocycles. The topological polar surface area (TPSA) is 67.4 Å². The van der Waals surface area contributed by atoms with Crippen LogP contribution < -0.4 is 15.4 Å². The molecule has 2 atom stereocenters. The molecule has 0 heterocycles. The molecule has 0 aromatic heterocycles. The monoisotopic (exact) mass is 576 g/mol. The first kappa shape index (κ1) is 27.0. The summed E-state index contributed by atoms with van der Waals surface area (Å²) in [7, 11) is 1.41. The van der Waals surface area contributed by atoms with Gasteiger partial charge in [0.05, 0.1) is 40.1 Å². The summed E-state index contributed by atoms with van der Waals surface area (Å²) < 4.78 is 40.6. The van der Waals surface area contributed by atoms with E-state index in [0.29, 0.717) is 5.56 Å². The molecular formula is C21H16Cl5F3N2O3. The SMILES string of the molecule is COc1c(Cl)cc(C2C(C(=O)Nc3ccc(Cl)c(C(=O)NCCC(F)(F)F)c3)C2(Cl)Cl)cc1Cl. The van der Waals surface area contributed by atoms with Crippen molar-refractivity contribution in [2.45, 2.75) is 22.8 Å². The van der Waals surface area contributed by atoms with Crippen molar-refractivity contribution in [3.63, 3.8) is 0 Å². The van der Waals surface area contributed by atoms with Gasteiger partial charge in [0.25, 0.3) is 5.91 Å². The summed E-state index contributed by atoms with van der Waals surface area (Å²) in [6, 6.07) is 7.10. The van der Waals surface area contributed by atoms with Crippen LogP contribution in [0.4, 0.5) is 18.9 Å². The molecule has 34 heavy (non-hydrogen) atoms. The largest absolute Gasteiger partial charge is 0.494 e. The zero-order chi connectivity index (χ0) is 25.4. The summed E-state index contributed by atoms with van der Waals surface area (Å²) in [6.07, 6.45) is -5.61. The van der Waals surface area contributed by atoms with E-state index in [1.165, 1.54) is 25.3 Å². The average molecular weight is 579 g/mol. The van der Waals surface area contributed by atoms with Crippen LogP contribution in [0.1, 0.15) is 28.3 Å². The minimum Gasteiger partial charge on any atom is -0.494 e. The van der Waals surface area contributed by atoms with Crippen molar-refractivity contribution in [2.24, 2.45) is 5.92 Å². The number of carbonyl (C=O) groups is 2. The maximum Gasteiger partial charge on any atom is 0.390 e. The molecule has 0 spiro atoms. The molecule has 184 valence electrons. The highest BCUT2D eigenvalue weighted by Crippen LogP contribution is 2.65. The number of amides is 2. The third-order valence-corrected chi connectivity index (χ3v) is 6.92. The summed E-state index contributed by atoms with van der Waals surface area (Å²) in [6.45, 7) is -0.618. The molecule has 3 rings (SSSR count). The molecule has 2 aromatic carbocycles. The van der Waals surface area contributed by atoms with E-state index >= 15 is 0 Å². The fourth-order valence-electron chi connectivity index (χ4n) is 3.43. The van der Waals surface area contributed by atoms with E-state index in [9.17, 15) is 22.8 Å². The molecular weight excluding hydrogens is 563 g/mol. The van der Waals surface area contributed by atoms with Gasteiger partial charge in [-0.3, -0.25) is 9.59 Å². The molecule has 13 heteroatoms. The molecule has 1 saturated carbocycles. The number of benzene rings is 2. The summed E-state index contributed by atoms with van der Waals surface area (Å²) in [5.74, 6) is -2.61. The van der Waals surface area contributed by atoms with Crippen LogP contribution in [-0.2, 0) is 4.79 Å². The summed E-state index contributed by atoms with van der Waals surface area (Å²) in [5.41, 5.74) is 0.600. The number of carbonyl (C=O) groups excluding carboxylic acids is 2. The number of anilines is 1. The molecule has 2 amide bonds. The van der Waals surface area contributed by atoms with Crippen molar-refractivity contribution < 1.29 is 27.5 Å². The Morgan fingerprint density at radius 3 is 2.24 bits per heavy atom. The second kappa shape index (κ2) is 10.2. The summed E-state index contributed by atoms with van der Waals surface area (Å²) in [5, 5.41) is 5.18. The van der Waals surface area contributed by atoms with Crippen LogP contribution in [0.15, 0.2) is 30.3 Å². The zero-order valence-corrected chi connectivity index (χ0v) is 21.0. The lowest BCUT2D eigenvalue weighted by atomic mass is 10.1. The number of rotatable bonds is 7.